The van der Waals surface area contributed by atoms with E-state index in [0.717, 1.165) is 11.1 Å². The molecule has 0 radical (unpaired) electrons. The third-order valence-corrected chi connectivity index (χ3v) is 5.58. The van der Waals surface area contributed by atoms with Gasteiger partial charge >= 0.3 is 0 Å². The molecule has 3 heterocycles. The van der Waals surface area contributed by atoms with Crippen molar-refractivity contribution in [2.24, 2.45) is 4.99 Å². The van der Waals surface area contributed by atoms with Crippen molar-refractivity contribution in [1.82, 2.24) is 20.4 Å². The highest BCUT2D eigenvalue weighted by atomic mass is 32.1. The molecule has 1 aliphatic rings. The number of rotatable bonds is 6. The quantitative estimate of drug-likeness (QED) is 0.483. The molecule has 0 amide bonds. The SMILES string of the molecule is O=C(Cc1cccc(-c2nnc(Nc3ccc4[nH]ncc4c3F)s2)c1)C1=CCC=N1. The fourth-order valence-electron chi connectivity index (χ4n) is 3.23. The minimum absolute atomic E-state index is 0.00867. The Balaban J connectivity index is 1.35. The molecule has 7 nitrogen and oxygen atoms in total. The number of allylic oxidation sites excluding steroid dienone is 2. The average Bonchev–Trinajstić information content (AvgIpc) is 3.52. The number of ketones is 1. The molecular weight excluding hydrogens is 403 g/mol. The van der Waals surface area contributed by atoms with Crippen LogP contribution < -0.4 is 5.32 Å². The van der Waals surface area contributed by atoms with Crippen LogP contribution in [0.15, 0.2) is 59.4 Å². The standard InChI is InChI=1S/C21H15FN6OS/c22-19-14-11-24-26-15(14)6-7-17(19)25-21-28-27-20(30-21)13-4-1-3-12(9-13)10-18(29)16-5-2-8-23-16/h1,3-9,11H,2,10H2,(H,24,26)(H,25,28). The van der Waals surface area contributed by atoms with E-state index in [2.05, 4.69) is 30.7 Å². The summed E-state index contributed by atoms with van der Waals surface area (Å²) in [4.78, 5) is 16.4. The lowest BCUT2D eigenvalue weighted by Crippen LogP contribution is -2.04. The van der Waals surface area contributed by atoms with Crippen molar-refractivity contribution in [2.75, 3.05) is 5.32 Å². The highest BCUT2D eigenvalue weighted by molar-refractivity contribution is 7.18. The van der Waals surface area contributed by atoms with E-state index in [9.17, 15) is 9.18 Å². The van der Waals surface area contributed by atoms with Gasteiger partial charge in [-0.25, -0.2) is 4.39 Å². The Morgan fingerprint density at radius 3 is 3.03 bits per heavy atom. The third kappa shape index (κ3) is 3.50. The third-order valence-electron chi connectivity index (χ3n) is 4.70. The molecule has 2 aromatic carbocycles. The number of aromatic nitrogens is 4. The summed E-state index contributed by atoms with van der Waals surface area (Å²) in [7, 11) is 0. The van der Waals surface area contributed by atoms with Gasteiger partial charge in [-0.15, -0.1) is 10.2 Å². The molecule has 148 valence electrons. The van der Waals surface area contributed by atoms with E-state index >= 15 is 0 Å². The van der Waals surface area contributed by atoms with Crippen LogP contribution in [0.5, 0.6) is 0 Å². The van der Waals surface area contributed by atoms with Crippen LogP contribution in [-0.2, 0) is 11.2 Å². The average molecular weight is 418 g/mol. The lowest BCUT2D eigenvalue weighted by molar-refractivity contribution is -0.115. The van der Waals surface area contributed by atoms with Gasteiger partial charge in [0.25, 0.3) is 0 Å². The molecular formula is C21H15FN6OS. The summed E-state index contributed by atoms with van der Waals surface area (Å²) >= 11 is 1.31. The Morgan fingerprint density at radius 1 is 1.23 bits per heavy atom. The smallest absolute Gasteiger partial charge is 0.210 e. The molecule has 0 bridgehead atoms. The predicted octanol–water partition coefficient (Wildman–Crippen LogP) is 4.43. The molecule has 0 atom stereocenters. The molecule has 1 aliphatic heterocycles. The number of H-pyrrole nitrogens is 1. The number of Topliss-reactive ketones (excluding diaryl/α,β-unsaturated/α-hetero) is 1. The molecule has 0 fully saturated rings. The van der Waals surface area contributed by atoms with Crippen LogP contribution in [0.2, 0.25) is 0 Å². The minimum Gasteiger partial charge on any atom is -0.328 e. The zero-order chi connectivity index (χ0) is 20.5. The second kappa shape index (κ2) is 7.60. The summed E-state index contributed by atoms with van der Waals surface area (Å²) < 4.78 is 14.6. The number of halogens is 1. The number of anilines is 2. The van der Waals surface area contributed by atoms with Crippen LogP contribution in [0, 0.1) is 5.82 Å². The molecule has 0 saturated carbocycles. The second-order valence-electron chi connectivity index (χ2n) is 6.73. The van der Waals surface area contributed by atoms with Gasteiger partial charge in [-0.2, -0.15) is 5.10 Å². The lowest BCUT2D eigenvalue weighted by atomic mass is 10.0. The van der Waals surface area contributed by atoms with Gasteiger partial charge in [0.1, 0.15) is 10.7 Å². The van der Waals surface area contributed by atoms with Gasteiger partial charge in [0, 0.05) is 24.6 Å². The monoisotopic (exact) mass is 418 g/mol. The summed E-state index contributed by atoms with van der Waals surface area (Å²) in [5, 5.41) is 19.5. The fraction of sp³-hybridized carbons (Fsp3) is 0.0952. The minimum atomic E-state index is -0.401. The number of fused-ring (bicyclic) bond motifs is 1. The Bertz CT molecular complexity index is 1320. The summed E-state index contributed by atoms with van der Waals surface area (Å²) in [5.74, 6) is -0.409. The van der Waals surface area contributed by atoms with E-state index < -0.39 is 5.82 Å². The topological polar surface area (TPSA) is 95.9 Å². The number of aliphatic imine (C=N–C) groups is 1. The van der Waals surface area contributed by atoms with Crippen molar-refractivity contribution >= 4 is 45.1 Å². The van der Waals surface area contributed by atoms with E-state index in [1.165, 1.54) is 17.5 Å². The van der Waals surface area contributed by atoms with Gasteiger partial charge < -0.3 is 5.32 Å². The molecule has 2 N–H and O–H groups in total. The fourth-order valence-corrected chi connectivity index (χ4v) is 3.98. The second-order valence-corrected chi connectivity index (χ2v) is 7.71. The first-order valence-electron chi connectivity index (χ1n) is 9.25. The van der Waals surface area contributed by atoms with Gasteiger partial charge in [-0.1, -0.05) is 29.5 Å². The number of benzene rings is 2. The first-order chi connectivity index (χ1) is 14.7. The molecule has 30 heavy (non-hydrogen) atoms. The maximum absolute atomic E-state index is 14.6. The highest BCUT2D eigenvalue weighted by Gasteiger charge is 2.14. The van der Waals surface area contributed by atoms with Crippen LogP contribution >= 0.6 is 11.3 Å². The van der Waals surface area contributed by atoms with Crippen molar-refractivity contribution in [3.05, 3.63) is 65.7 Å². The van der Waals surface area contributed by atoms with Crippen LogP contribution in [0.1, 0.15) is 12.0 Å². The number of hydrogen-bond acceptors (Lipinski definition) is 7. The Hall–Kier alpha value is -3.72. The summed E-state index contributed by atoms with van der Waals surface area (Å²) in [5.41, 5.74) is 3.17. The van der Waals surface area contributed by atoms with Crippen molar-refractivity contribution in [3.63, 3.8) is 0 Å². The van der Waals surface area contributed by atoms with Crippen molar-refractivity contribution < 1.29 is 9.18 Å². The maximum Gasteiger partial charge on any atom is 0.210 e. The van der Waals surface area contributed by atoms with Crippen molar-refractivity contribution in [1.29, 1.82) is 0 Å². The zero-order valence-corrected chi connectivity index (χ0v) is 16.4. The van der Waals surface area contributed by atoms with E-state index in [-0.39, 0.29) is 12.2 Å². The number of aromatic amines is 1. The van der Waals surface area contributed by atoms with Crippen LogP contribution in [0.25, 0.3) is 21.5 Å². The van der Waals surface area contributed by atoms with Gasteiger partial charge in [-0.05, 0) is 29.8 Å². The van der Waals surface area contributed by atoms with Crippen LogP contribution in [0.3, 0.4) is 0 Å². The van der Waals surface area contributed by atoms with Gasteiger partial charge in [0.2, 0.25) is 5.13 Å². The summed E-state index contributed by atoms with van der Waals surface area (Å²) in [6.45, 7) is 0. The predicted molar refractivity (Wildman–Crippen MR) is 115 cm³/mol. The molecule has 9 heteroatoms. The number of nitrogens with zero attached hydrogens (tertiary/aromatic N) is 4. The van der Waals surface area contributed by atoms with Gasteiger partial charge in [0.05, 0.1) is 22.8 Å². The number of hydrogen-bond donors (Lipinski definition) is 2. The first-order valence-corrected chi connectivity index (χ1v) is 10.1. The Labute approximate surface area is 174 Å². The van der Waals surface area contributed by atoms with Crippen LogP contribution in [0.4, 0.5) is 15.2 Å². The van der Waals surface area contributed by atoms with Gasteiger partial charge in [0.15, 0.2) is 11.6 Å². The number of carbonyl (C=O) groups is 1. The van der Waals surface area contributed by atoms with Crippen LogP contribution in [-0.4, -0.2) is 32.4 Å². The van der Waals surface area contributed by atoms with Crippen molar-refractivity contribution in [2.45, 2.75) is 12.8 Å². The normalized spacial score (nSPS) is 13.0. The van der Waals surface area contributed by atoms with E-state index in [4.69, 9.17) is 0 Å². The highest BCUT2D eigenvalue weighted by Crippen LogP contribution is 2.31. The van der Waals surface area contributed by atoms with Gasteiger partial charge in [-0.3, -0.25) is 14.9 Å². The largest absolute Gasteiger partial charge is 0.328 e. The first kappa shape index (κ1) is 18.3. The molecule has 4 aromatic rings. The Kier molecular flexibility index (Phi) is 4.64. The lowest BCUT2D eigenvalue weighted by Gasteiger charge is -2.04. The Morgan fingerprint density at radius 2 is 2.17 bits per heavy atom. The zero-order valence-electron chi connectivity index (χ0n) is 15.6. The van der Waals surface area contributed by atoms with Crippen molar-refractivity contribution in [3.8, 4) is 10.6 Å². The van der Waals surface area contributed by atoms with E-state index in [1.807, 2.05) is 30.3 Å². The molecule has 0 saturated heterocycles. The molecule has 0 unspecified atom stereocenters. The number of nitrogens with one attached hydrogen (secondary N) is 2. The molecule has 0 spiro atoms. The molecule has 2 aromatic heterocycles. The molecule has 5 rings (SSSR count). The summed E-state index contributed by atoms with van der Waals surface area (Å²) in [6, 6.07) is 11.0. The number of carbonyl (C=O) groups excluding carboxylic acids is 1. The molecule has 0 aliphatic carbocycles. The van der Waals surface area contributed by atoms with E-state index in [0.29, 0.717) is 38.8 Å². The maximum atomic E-state index is 14.6. The van der Waals surface area contributed by atoms with E-state index in [1.54, 1.807) is 18.3 Å². The summed E-state index contributed by atoms with van der Waals surface area (Å²) in [6.07, 6.45) is 5.98.